The van der Waals surface area contributed by atoms with Crippen molar-refractivity contribution in [3.8, 4) is 0 Å². The van der Waals surface area contributed by atoms with E-state index in [-0.39, 0.29) is 0 Å². The summed E-state index contributed by atoms with van der Waals surface area (Å²) in [5, 5.41) is 6.80. The molecule has 0 spiro atoms. The van der Waals surface area contributed by atoms with Crippen LogP contribution in [0.2, 0.25) is 0 Å². The number of nitrogens with zero attached hydrogens (tertiary/aromatic N) is 1. The van der Waals surface area contributed by atoms with E-state index >= 15 is 0 Å². The predicted octanol–water partition coefficient (Wildman–Crippen LogP) is 4.53. The Bertz CT molecular complexity index is 384. The molecule has 0 atom stereocenters. The second kappa shape index (κ2) is 8.13. The van der Waals surface area contributed by atoms with Gasteiger partial charge in [0.25, 0.3) is 0 Å². The van der Waals surface area contributed by atoms with Crippen LogP contribution in [0.15, 0.2) is 18.2 Å². The fourth-order valence-corrected chi connectivity index (χ4v) is 2.91. The Balaban J connectivity index is 1.70. The Kier molecular flexibility index (Phi) is 6.16. The molecule has 2 rings (SSSR count). The zero-order valence-electron chi connectivity index (χ0n) is 13.0. The summed E-state index contributed by atoms with van der Waals surface area (Å²) in [7, 11) is 0. The first-order valence-electron chi connectivity index (χ1n) is 8.22. The Morgan fingerprint density at radius 1 is 1.05 bits per heavy atom. The molecule has 1 fully saturated rings. The largest absolute Gasteiger partial charge is 0.370 e. The van der Waals surface area contributed by atoms with Gasteiger partial charge >= 0.3 is 0 Å². The summed E-state index contributed by atoms with van der Waals surface area (Å²) >= 11 is 0. The highest BCUT2D eigenvalue weighted by atomic mass is 15.1. The molecule has 0 amide bonds. The molecule has 3 heteroatoms. The third kappa shape index (κ3) is 5.03. The number of aromatic nitrogens is 1. The molecule has 1 aromatic heterocycles. The van der Waals surface area contributed by atoms with Crippen LogP contribution < -0.4 is 10.6 Å². The summed E-state index contributed by atoms with van der Waals surface area (Å²) in [6.45, 7) is 6.58. The van der Waals surface area contributed by atoms with E-state index in [1.807, 2.05) is 6.07 Å². The van der Waals surface area contributed by atoms with Gasteiger partial charge in [-0.3, -0.25) is 0 Å². The van der Waals surface area contributed by atoms with E-state index in [9.17, 15) is 0 Å². The topological polar surface area (TPSA) is 37.0 Å². The maximum atomic E-state index is 4.58. The lowest BCUT2D eigenvalue weighted by atomic mass is 9.81. The van der Waals surface area contributed by atoms with Crippen molar-refractivity contribution in [1.29, 1.82) is 0 Å². The molecular formula is C17H29N3. The standard InChI is InChI=1S/C17H29N3/c1-3-12-18-16-5-4-6-17(20-16)19-13-11-15-9-7-14(2)8-10-15/h4-6,14-15H,3,7-13H2,1-2H3,(H2,18,19,20). The first kappa shape index (κ1) is 15.1. The van der Waals surface area contributed by atoms with Gasteiger partial charge in [-0.1, -0.05) is 45.6 Å². The van der Waals surface area contributed by atoms with E-state index in [2.05, 4.69) is 41.6 Å². The first-order chi connectivity index (χ1) is 9.78. The van der Waals surface area contributed by atoms with Crippen molar-refractivity contribution in [2.24, 2.45) is 11.8 Å². The zero-order valence-corrected chi connectivity index (χ0v) is 13.0. The molecular weight excluding hydrogens is 246 g/mol. The lowest BCUT2D eigenvalue weighted by Gasteiger charge is -2.26. The van der Waals surface area contributed by atoms with Gasteiger partial charge in [0.2, 0.25) is 0 Å². The molecule has 20 heavy (non-hydrogen) atoms. The molecule has 0 saturated heterocycles. The lowest BCUT2D eigenvalue weighted by molar-refractivity contribution is 0.282. The summed E-state index contributed by atoms with van der Waals surface area (Å²) < 4.78 is 0. The highest BCUT2D eigenvalue weighted by molar-refractivity contribution is 5.44. The fourth-order valence-electron chi connectivity index (χ4n) is 2.91. The average Bonchev–Trinajstić information content (AvgIpc) is 2.48. The molecule has 0 bridgehead atoms. The van der Waals surface area contributed by atoms with E-state index in [0.717, 1.165) is 43.0 Å². The molecule has 2 N–H and O–H groups in total. The Morgan fingerprint density at radius 3 is 2.35 bits per heavy atom. The van der Waals surface area contributed by atoms with Crippen molar-refractivity contribution in [2.75, 3.05) is 23.7 Å². The van der Waals surface area contributed by atoms with Gasteiger partial charge in [-0.05, 0) is 36.8 Å². The van der Waals surface area contributed by atoms with Crippen molar-refractivity contribution < 1.29 is 0 Å². The van der Waals surface area contributed by atoms with Crippen molar-refractivity contribution in [2.45, 2.75) is 52.4 Å². The molecule has 0 aliphatic heterocycles. The highest BCUT2D eigenvalue weighted by Crippen LogP contribution is 2.30. The molecule has 1 aliphatic carbocycles. The quantitative estimate of drug-likeness (QED) is 0.767. The Hall–Kier alpha value is -1.25. The fraction of sp³-hybridized carbons (Fsp3) is 0.706. The van der Waals surface area contributed by atoms with Crippen molar-refractivity contribution in [3.63, 3.8) is 0 Å². The maximum absolute atomic E-state index is 4.58. The van der Waals surface area contributed by atoms with Crippen molar-refractivity contribution in [3.05, 3.63) is 18.2 Å². The Labute approximate surface area is 123 Å². The predicted molar refractivity (Wildman–Crippen MR) is 87.2 cm³/mol. The normalized spacial score (nSPS) is 22.5. The molecule has 112 valence electrons. The zero-order chi connectivity index (χ0) is 14.2. The van der Waals surface area contributed by atoms with Gasteiger partial charge in [0, 0.05) is 13.1 Å². The van der Waals surface area contributed by atoms with E-state index in [1.54, 1.807) is 0 Å². The van der Waals surface area contributed by atoms with Gasteiger partial charge in [0.1, 0.15) is 11.6 Å². The molecule has 1 saturated carbocycles. The smallest absolute Gasteiger partial charge is 0.128 e. The van der Waals surface area contributed by atoms with Crippen LogP contribution in [-0.4, -0.2) is 18.1 Å². The van der Waals surface area contributed by atoms with E-state index in [1.165, 1.54) is 32.1 Å². The minimum Gasteiger partial charge on any atom is -0.370 e. The second-order valence-electron chi connectivity index (χ2n) is 6.18. The third-order valence-corrected chi connectivity index (χ3v) is 4.30. The van der Waals surface area contributed by atoms with E-state index < -0.39 is 0 Å². The number of nitrogens with one attached hydrogen (secondary N) is 2. The summed E-state index contributed by atoms with van der Waals surface area (Å²) in [6.07, 6.45) is 8.06. The van der Waals surface area contributed by atoms with Crippen molar-refractivity contribution in [1.82, 2.24) is 4.98 Å². The highest BCUT2D eigenvalue weighted by Gasteiger charge is 2.17. The minimum absolute atomic E-state index is 0.917. The van der Waals surface area contributed by atoms with E-state index in [4.69, 9.17) is 0 Å². The van der Waals surface area contributed by atoms with Gasteiger partial charge in [0.05, 0.1) is 0 Å². The maximum Gasteiger partial charge on any atom is 0.128 e. The van der Waals surface area contributed by atoms with E-state index in [0.29, 0.717) is 0 Å². The molecule has 3 nitrogen and oxygen atoms in total. The summed E-state index contributed by atoms with van der Waals surface area (Å²) in [5.41, 5.74) is 0. The molecule has 0 radical (unpaired) electrons. The van der Waals surface area contributed by atoms with Crippen LogP contribution in [-0.2, 0) is 0 Å². The lowest BCUT2D eigenvalue weighted by Crippen LogP contribution is -2.16. The molecule has 1 aliphatic rings. The Morgan fingerprint density at radius 2 is 1.70 bits per heavy atom. The summed E-state index contributed by atoms with van der Waals surface area (Å²) in [4.78, 5) is 4.58. The van der Waals surface area contributed by atoms with Gasteiger partial charge in [0.15, 0.2) is 0 Å². The van der Waals surface area contributed by atoms with Gasteiger partial charge in [-0.2, -0.15) is 0 Å². The van der Waals surface area contributed by atoms with Crippen LogP contribution in [0.1, 0.15) is 52.4 Å². The number of anilines is 2. The number of rotatable bonds is 7. The number of hydrogen-bond donors (Lipinski definition) is 2. The second-order valence-corrected chi connectivity index (χ2v) is 6.18. The van der Waals surface area contributed by atoms with Crippen LogP contribution in [0.25, 0.3) is 0 Å². The van der Waals surface area contributed by atoms with Gasteiger partial charge < -0.3 is 10.6 Å². The average molecular weight is 275 g/mol. The summed E-state index contributed by atoms with van der Waals surface area (Å²) in [6, 6.07) is 6.15. The van der Waals surface area contributed by atoms with Crippen LogP contribution in [0.5, 0.6) is 0 Å². The minimum atomic E-state index is 0.917. The van der Waals surface area contributed by atoms with Crippen LogP contribution >= 0.6 is 0 Å². The molecule has 0 unspecified atom stereocenters. The molecule has 1 heterocycles. The van der Waals surface area contributed by atoms with Crippen LogP contribution in [0.4, 0.5) is 11.6 Å². The first-order valence-corrected chi connectivity index (χ1v) is 8.22. The van der Waals surface area contributed by atoms with Gasteiger partial charge in [-0.15, -0.1) is 0 Å². The third-order valence-electron chi connectivity index (χ3n) is 4.30. The molecule has 1 aromatic rings. The number of hydrogen-bond acceptors (Lipinski definition) is 3. The molecule has 0 aromatic carbocycles. The SMILES string of the molecule is CCCNc1cccc(NCCC2CCC(C)CC2)n1. The monoisotopic (exact) mass is 275 g/mol. The summed E-state index contributed by atoms with van der Waals surface area (Å²) in [5.74, 6) is 3.83. The van der Waals surface area contributed by atoms with Crippen LogP contribution in [0, 0.1) is 11.8 Å². The van der Waals surface area contributed by atoms with Crippen LogP contribution in [0.3, 0.4) is 0 Å². The number of pyridine rings is 1. The van der Waals surface area contributed by atoms with Gasteiger partial charge in [-0.25, -0.2) is 4.98 Å². The van der Waals surface area contributed by atoms with Crippen molar-refractivity contribution >= 4 is 11.6 Å².